The van der Waals surface area contributed by atoms with E-state index in [4.69, 9.17) is 27.9 Å². The third kappa shape index (κ3) is 5.61. The van der Waals surface area contributed by atoms with Gasteiger partial charge in [-0.3, -0.25) is 19.4 Å². The maximum atomic E-state index is 12.7. The molecule has 0 aromatic heterocycles. The molecule has 1 N–H and O–H groups in total. The number of piperazine rings is 1. The zero-order valence-corrected chi connectivity index (χ0v) is 18.4. The zero-order valence-electron chi connectivity index (χ0n) is 16.9. The first-order chi connectivity index (χ1) is 13.9. The molecule has 7 nitrogen and oxygen atoms in total. The fourth-order valence-electron chi connectivity index (χ4n) is 3.71. The second-order valence-electron chi connectivity index (χ2n) is 7.47. The molecule has 2 aliphatic heterocycles. The van der Waals surface area contributed by atoms with Crippen molar-refractivity contribution in [2.45, 2.75) is 25.9 Å². The summed E-state index contributed by atoms with van der Waals surface area (Å²) in [5, 5.41) is 3.81. The number of rotatable bonds is 5. The van der Waals surface area contributed by atoms with Crippen molar-refractivity contribution in [3.63, 3.8) is 0 Å². The van der Waals surface area contributed by atoms with E-state index >= 15 is 0 Å². The topological polar surface area (TPSA) is 65.1 Å². The Hall–Kier alpha value is -1.38. The van der Waals surface area contributed by atoms with Gasteiger partial charge in [0, 0.05) is 44.3 Å². The molecule has 2 fully saturated rings. The van der Waals surface area contributed by atoms with Crippen molar-refractivity contribution in [1.29, 1.82) is 0 Å². The lowest BCUT2D eigenvalue weighted by atomic mass is 10.1. The lowest BCUT2D eigenvalue weighted by Gasteiger charge is -2.41. The normalized spacial score (nSPS) is 20.9. The highest BCUT2D eigenvalue weighted by molar-refractivity contribution is 6.36. The SMILES string of the molecule is CC(C(=O)Nc1ccc(Cl)cc1Cl)N1CCN(C(C)C(=O)N2CCOCC2)CC1. The number of anilines is 1. The van der Waals surface area contributed by atoms with E-state index in [1.807, 2.05) is 18.7 Å². The molecule has 1 aromatic rings. The van der Waals surface area contributed by atoms with Gasteiger partial charge < -0.3 is 15.0 Å². The van der Waals surface area contributed by atoms with E-state index < -0.39 is 0 Å². The van der Waals surface area contributed by atoms with Gasteiger partial charge in [0.15, 0.2) is 0 Å². The minimum Gasteiger partial charge on any atom is -0.378 e. The van der Waals surface area contributed by atoms with Gasteiger partial charge in [-0.05, 0) is 32.0 Å². The minimum absolute atomic E-state index is 0.111. The predicted molar refractivity (Wildman–Crippen MR) is 115 cm³/mol. The molecule has 2 unspecified atom stereocenters. The molecular formula is C20H28Cl2N4O3. The summed E-state index contributed by atoms with van der Waals surface area (Å²) in [6.45, 7) is 9.33. The number of carbonyl (C=O) groups is 2. The van der Waals surface area contributed by atoms with E-state index in [0.717, 1.165) is 26.2 Å². The molecule has 2 saturated heterocycles. The monoisotopic (exact) mass is 442 g/mol. The van der Waals surface area contributed by atoms with Gasteiger partial charge >= 0.3 is 0 Å². The molecule has 2 atom stereocenters. The number of hydrogen-bond acceptors (Lipinski definition) is 5. The van der Waals surface area contributed by atoms with Crippen LogP contribution in [0.1, 0.15) is 13.8 Å². The summed E-state index contributed by atoms with van der Waals surface area (Å²) in [7, 11) is 0. The first kappa shape index (κ1) is 22.3. The van der Waals surface area contributed by atoms with E-state index in [1.54, 1.807) is 18.2 Å². The minimum atomic E-state index is -0.297. The number of ether oxygens (including phenoxy) is 1. The quantitative estimate of drug-likeness (QED) is 0.756. The van der Waals surface area contributed by atoms with Crippen LogP contribution in [0.2, 0.25) is 10.0 Å². The molecular weight excluding hydrogens is 415 g/mol. The molecule has 9 heteroatoms. The summed E-state index contributed by atoms with van der Waals surface area (Å²) in [4.78, 5) is 31.6. The highest BCUT2D eigenvalue weighted by atomic mass is 35.5. The second kappa shape index (κ2) is 10.1. The molecule has 1 aromatic carbocycles. The van der Waals surface area contributed by atoms with Crippen LogP contribution in [-0.2, 0) is 14.3 Å². The Morgan fingerprint density at radius 3 is 2.14 bits per heavy atom. The Bertz CT molecular complexity index is 734. The Kier molecular flexibility index (Phi) is 7.76. The zero-order chi connectivity index (χ0) is 21.0. The summed E-state index contributed by atoms with van der Waals surface area (Å²) >= 11 is 12.1. The number of halogens is 2. The van der Waals surface area contributed by atoms with Gasteiger partial charge in [-0.15, -0.1) is 0 Å². The third-order valence-electron chi connectivity index (χ3n) is 5.69. The number of amides is 2. The van der Waals surface area contributed by atoms with Crippen molar-refractivity contribution in [2.24, 2.45) is 0 Å². The Balaban J connectivity index is 1.50. The lowest BCUT2D eigenvalue weighted by Crippen LogP contribution is -2.58. The van der Waals surface area contributed by atoms with Gasteiger partial charge in [0.05, 0.1) is 36.0 Å². The standard InChI is InChI=1S/C20H28Cl2N4O3/c1-14(19(27)23-18-4-3-16(21)13-17(18)22)24-5-7-25(8-6-24)15(2)20(28)26-9-11-29-12-10-26/h3-4,13-15H,5-12H2,1-2H3,(H,23,27). The summed E-state index contributed by atoms with van der Waals surface area (Å²) < 4.78 is 5.33. The van der Waals surface area contributed by atoms with Gasteiger partial charge in [-0.1, -0.05) is 23.2 Å². The highest BCUT2D eigenvalue weighted by Crippen LogP contribution is 2.25. The molecule has 29 heavy (non-hydrogen) atoms. The van der Waals surface area contributed by atoms with Gasteiger partial charge in [-0.2, -0.15) is 0 Å². The van der Waals surface area contributed by atoms with E-state index in [9.17, 15) is 9.59 Å². The number of carbonyl (C=O) groups excluding carboxylic acids is 2. The molecule has 0 radical (unpaired) electrons. The van der Waals surface area contributed by atoms with Crippen LogP contribution in [0.5, 0.6) is 0 Å². The molecule has 2 heterocycles. The molecule has 2 aliphatic rings. The smallest absolute Gasteiger partial charge is 0.241 e. The van der Waals surface area contributed by atoms with Crippen molar-refractivity contribution in [2.75, 3.05) is 57.8 Å². The molecule has 0 bridgehead atoms. The largest absolute Gasteiger partial charge is 0.378 e. The van der Waals surface area contributed by atoms with Crippen LogP contribution in [0, 0.1) is 0 Å². The fourth-order valence-corrected chi connectivity index (χ4v) is 4.17. The van der Waals surface area contributed by atoms with Crippen LogP contribution < -0.4 is 5.32 Å². The van der Waals surface area contributed by atoms with Crippen LogP contribution in [0.25, 0.3) is 0 Å². The number of nitrogens with zero attached hydrogens (tertiary/aromatic N) is 3. The van der Waals surface area contributed by atoms with Crippen molar-refractivity contribution in [3.05, 3.63) is 28.2 Å². The molecule has 0 saturated carbocycles. The second-order valence-corrected chi connectivity index (χ2v) is 8.32. The maximum absolute atomic E-state index is 12.7. The van der Waals surface area contributed by atoms with Crippen LogP contribution in [0.15, 0.2) is 18.2 Å². The van der Waals surface area contributed by atoms with Gasteiger partial charge in [0.1, 0.15) is 0 Å². The van der Waals surface area contributed by atoms with E-state index in [0.29, 0.717) is 42.0 Å². The Morgan fingerprint density at radius 1 is 0.966 bits per heavy atom. The summed E-state index contributed by atoms with van der Waals surface area (Å²) in [6.07, 6.45) is 0. The van der Waals surface area contributed by atoms with Crippen molar-refractivity contribution < 1.29 is 14.3 Å². The van der Waals surface area contributed by atoms with E-state index in [2.05, 4.69) is 15.1 Å². The average Bonchev–Trinajstić information content (AvgIpc) is 2.74. The summed E-state index contributed by atoms with van der Waals surface area (Å²) in [5.41, 5.74) is 0.552. The number of benzene rings is 1. The van der Waals surface area contributed by atoms with Crippen LogP contribution >= 0.6 is 23.2 Å². The Morgan fingerprint density at radius 2 is 1.55 bits per heavy atom. The highest BCUT2D eigenvalue weighted by Gasteiger charge is 2.32. The molecule has 2 amide bonds. The van der Waals surface area contributed by atoms with E-state index in [1.165, 1.54) is 0 Å². The first-order valence-electron chi connectivity index (χ1n) is 9.97. The van der Waals surface area contributed by atoms with Crippen molar-refractivity contribution in [1.82, 2.24) is 14.7 Å². The third-order valence-corrected chi connectivity index (χ3v) is 6.24. The maximum Gasteiger partial charge on any atom is 0.241 e. The van der Waals surface area contributed by atoms with Crippen LogP contribution in [0.4, 0.5) is 5.69 Å². The lowest BCUT2D eigenvalue weighted by molar-refractivity contribution is -0.141. The molecule has 160 valence electrons. The summed E-state index contributed by atoms with van der Waals surface area (Å²) in [6, 6.07) is 4.54. The van der Waals surface area contributed by atoms with Gasteiger partial charge in [-0.25, -0.2) is 0 Å². The van der Waals surface area contributed by atoms with Gasteiger partial charge in [0.2, 0.25) is 11.8 Å². The molecule has 3 rings (SSSR count). The molecule has 0 spiro atoms. The number of hydrogen-bond donors (Lipinski definition) is 1. The molecule has 0 aliphatic carbocycles. The van der Waals surface area contributed by atoms with Crippen LogP contribution in [0.3, 0.4) is 0 Å². The van der Waals surface area contributed by atoms with E-state index in [-0.39, 0.29) is 23.9 Å². The predicted octanol–water partition coefficient (Wildman–Crippen LogP) is 2.19. The first-order valence-corrected chi connectivity index (χ1v) is 10.7. The van der Waals surface area contributed by atoms with Crippen LogP contribution in [-0.4, -0.2) is 91.1 Å². The summed E-state index contributed by atoms with van der Waals surface area (Å²) in [5.74, 6) is 0.0463. The van der Waals surface area contributed by atoms with Crippen molar-refractivity contribution in [3.8, 4) is 0 Å². The van der Waals surface area contributed by atoms with Crippen molar-refractivity contribution >= 4 is 40.7 Å². The average molecular weight is 443 g/mol. The fraction of sp³-hybridized carbons (Fsp3) is 0.600. The van der Waals surface area contributed by atoms with Gasteiger partial charge in [0.25, 0.3) is 0 Å². The number of nitrogens with one attached hydrogen (secondary N) is 1. The number of morpholine rings is 1. The Labute approximate surface area is 181 Å².